The van der Waals surface area contributed by atoms with Crippen LogP contribution in [0.3, 0.4) is 0 Å². The summed E-state index contributed by atoms with van der Waals surface area (Å²) in [4.78, 5) is 25.2. The first-order valence-corrected chi connectivity index (χ1v) is 6.94. The zero-order valence-electron chi connectivity index (χ0n) is 11.8. The number of β-amino-alcohol motifs (C(OH)–C–C–N with tert-alkyl or cyclic N) is 1. The maximum absolute atomic E-state index is 12.5. The lowest BCUT2D eigenvalue weighted by Gasteiger charge is -2.20. The highest BCUT2D eigenvalue weighted by atomic mass is 16.3. The van der Waals surface area contributed by atoms with Gasteiger partial charge in [0.2, 0.25) is 5.91 Å². The van der Waals surface area contributed by atoms with E-state index >= 15 is 0 Å². The minimum Gasteiger partial charge on any atom is -0.391 e. The van der Waals surface area contributed by atoms with Crippen molar-refractivity contribution in [1.29, 1.82) is 0 Å². The van der Waals surface area contributed by atoms with Crippen molar-refractivity contribution in [2.45, 2.75) is 18.6 Å². The summed E-state index contributed by atoms with van der Waals surface area (Å²) in [5.41, 5.74) is 6.48. The van der Waals surface area contributed by atoms with E-state index in [1.807, 2.05) is 30.3 Å². The highest BCUT2D eigenvalue weighted by Crippen LogP contribution is 2.20. The number of carbonyl (C=O) groups excluding carboxylic acids is 2. The largest absolute Gasteiger partial charge is 0.391 e. The van der Waals surface area contributed by atoms with E-state index < -0.39 is 18.1 Å². The Labute approximate surface area is 126 Å². The van der Waals surface area contributed by atoms with Gasteiger partial charge in [-0.1, -0.05) is 18.2 Å². The first kappa shape index (κ1) is 14.3. The van der Waals surface area contributed by atoms with Crippen LogP contribution >= 0.6 is 0 Å². The second-order valence-electron chi connectivity index (χ2n) is 5.27. The molecule has 114 valence electrons. The van der Waals surface area contributed by atoms with Gasteiger partial charge < -0.3 is 15.7 Å². The van der Waals surface area contributed by atoms with Crippen LogP contribution < -0.4 is 5.73 Å². The minimum absolute atomic E-state index is 0.100. The van der Waals surface area contributed by atoms with E-state index in [1.54, 1.807) is 10.9 Å². The molecule has 22 heavy (non-hydrogen) atoms. The van der Waals surface area contributed by atoms with E-state index in [0.29, 0.717) is 5.56 Å². The number of aromatic nitrogens is 2. The first-order valence-electron chi connectivity index (χ1n) is 6.94. The Bertz CT molecular complexity index is 698. The van der Waals surface area contributed by atoms with Crippen molar-refractivity contribution >= 4 is 11.8 Å². The number of hydrogen-bond acceptors (Lipinski definition) is 4. The molecule has 1 fully saturated rings. The Kier molecular flexibility index (Phi) is 3.64. The highest BCUT2D eigenvalue weighted by Gasteiger charge is 2.38. The van der Waals surface area contributed by atoms with E-state index in [4.69, 9.17) is 5.73 Å². The van der Waals surface area contributed by atoms with Gasteiger partial charge in [-0.05, 0) is 12.1 Å². The molecule has 1 saturated heterocycles. The Morgan fingerprint density at radius 3 is 2.68 bits per heavy atom. The van der Waals surface area contributed by atoms with Crippen LogP contribution in [-0.4, -0.2) is 50.3 Å². The van der Waals surface area contributed by atoms with Gasteiger partial charge in [0, 0.05) is 19.2 Å². The number of nitrogens with two attached hydrogens (primary N) is 1. The number of aliphatic hydroxyl groups excluding tert-OH is 1. The molecule has 7 heteroatoms. The zero-order valence-corrected chi connectivity index (χ0v) is 11.8. The lowest BCUT2D eigenvalue weighted by molar-refractivity contribution is -0.121. The molecule has 2 heterocycles. The maximum Gasteiger partial charge on any atom is 0.257 e. The molecule has 3 N–H and O–H groups in total. The molecule has 1 aliphatic heterocycles. The Morgan fingerprint density at radius 2 is 2.00 bits per heavy atom. The van der Waals surface area contributed by atoms with E-state index in [1.165, 1.54) is 11.1 Å². The molecule has 0 spiro atoms. The Hall–Kier alpha value is -2.67. The number of likely N-dealkylation sites (tertiary alicyclic amines) is 1. The second-order valence-corrected chi connectivity index (χ2v) is 5.27. The number of hydrogen-bond donors (Lipinski definition) is 2. The molecule has 2 amide bonds. The average Bonchev–Trinajstić information content (AvgIpc) is 3.14. The molecule has 0 bridgehead atoms. The number of para-hydroxylation sites is 1. The second kappa shape index (κ2) is 5.61. The molecule has 0 saturated carbocycles. The summed E-state index contributed by atoms with van der Waals surface area (Å²) in [6.45, 7) is 0.100. The van der Waals surface area contributed by atoms with E-state index in [0.717, 1.165) is 5.69 Å². The van der Waals surface area contributed by atoms with Crippen molar-refractivity contribution in [2.24, 2.45) is 5.73 Å². The molecule has 1 aliphatic rings. The van der Waals surface area contributed by atoms with E-state index in [2.05, 4.69) is 5.10 Å². The fraction of sp³-hybridized carbons (Fsp3) is 0.267. The molecule has 2 aromatic rings. The SMILES string of the molecule is NC(=O)[C@@H]1C[C@@H](O)CN1C(=O)c1cnn(-c2ccccc2)c1. The van der Waals surface area contributed by atoms with Gasteiger partial charge in [-0.2, -0.15) is 5.10 Å². The van der Waals surface area contributed by atoms with Crippen LogP contribution in [-0.2, 0) is 4.79 Å². The van der Waals surface area contributed by atoms with Crippen LogP contribution in [0.15, 0.2) is 42.7 Å². The third kappa shape index (κ3) is 2.58. The van der Waals surface area contributed by atoms with Gasteiger partial charge >= 0.3 is 0 Å². The summed E-state index contributed by atoms with van der Waals surface area (Å²) in [5.74, 6) is -0.970. The maximum atomic E-state index is 12.5. The quantitative estimate of drug-likeness (QED) is 0.828. The van der Waals surface area contributed by atoms with Gasteiger partial charge in [-0.15, -0.1) is 0 Å². The number of amides is 2. The lowest BCUT2D eigenvalue weighted by atomic mass is 10.2. The lowest BCUT2D eigenvalue weighted by Crippen LogP contribution is -2.43. The smallest absolute Gasteiger partial charge is 0.257 e. The van der Waals surface area contributed by atoms with Crippen molar-refractivity contribution < 1.29 is 14.7 Å². The van der Waals surface area contributed by atoms with Gasteiger partial charge in [0.15, 0.2) is 0 Å². The van der Waals surface area contributed by atoms with Crippen molar-refractivity contribution in [3.05, 3.63) is 48.3 Å². The van der Waals surface area contributed by atoms with E-state index in [9.17, 15) is 14.7 Å². The molecule has 7 nitrogen and oxygen atoms in total. The predicted molar refractivity (Wildman–Crippen MR) is 78.2 cm³/mol. The normalized spacial score (nSPS) is 21.0. The summed E-state index contributed by atoms with van der Waals surface area (Å²) in [6, 6.07) is 8.60. The summed E-state index contributed by atoms with van der Waals surface area (Å²) in [6.07, 6.45) is 2.48. The molecule has 3 rings (SSSR count). The van der Waals surface area contributed by atoms with Crippen LogP contribution in [0.2, 0.25) is 0 Å². The van der Waals surface area contributed by atoms with Crippen molar-refractivity contribution in [3.63, 3.8) is 0 Å². The third-order valence-electron chi connectivity index (χ3n) is 3.72. The monoisotopic (exact) mass is 300 g/mol. The molecular formula is C15H16N4O3. The van der Waals surface area contributed by atoms with Crippen LogP contribution in [0, 0.1) is 0 Å². The minimum atomic E-state index is -0.775. The number of rotatable bonds is 3. The topological polar surface area (TPSA) is 101 Å². The molecule has 1 aromatic carbocycles. The number of primary amides is 1. The number of benzene rings is 1. The fourth-order valence-corrected chi connectivity index (χ4v) is 2.63. The van der Waals surface area contributed by atoms with Gasteiger partial charge in [0.05, 0.1) is 23.6 Å². The third-order valence-corrected chi connectivity index (χ3v) is 3.72. The van der Waals surface area contributed by atoms with Gasteiger partial charge in [-0.25, -0.2) is 4.68 Å². The van der Waals surface area contributed by atoms with Crippen LogP contribution in [0.4, 0.5) is 0 Å². The molecule has 0 radical (unpaired) electrons. The summed E-state index contributed by atoms with van der Waals surface area (Å²) >= 11 is 0. The number of nitrogens with zero attached hydrogens (tertiary/aromatic N) is 3. The summed E-state index contributed by atoms with van der Waals surface area (Å²) < 4.78 is 1.58. The fourth-order valence-electron chi connectivity index (χ4n) is 2.63. The standard InChI is InChI=1S/C15H16N4O3/c16-14(21)13-6-12(20)9-18(13)15(22)10-7-17-19(8-10)11-4-2-1-3-5-11/h1-5,7-8,12-13,20H,6,9H2,(H2,16,21)/t12-,13+/m1/s1. The molecule has 2 atom stereocenters. The Morgan fingerprint density at radius 1 is 1.27 bits per heavy atom. The molecular weight excluding hydrogens is 284 g/mol. The van der Waals surface area contributed by atoms with Gasteiger partial charge in [-0.3, -0.25) is 9.59 Å². The summed E-state index contributed by atoms with van der Waals surface area (Å²) in [7, 11) is 0. The van der Waals surface area contributed by atoms with E-state index in [-0.39, 0.29) is 18.9 Å². The molecule has 0 unspecified atom stereocenters. The zero-order chi connectivity index (χ0) is 15.7. The van der Waals surface area contributed by atoms with Crippen LogP contribution in [0.1, 0.15) is 16.8 Å². The van der Waals surface area contributed by atoms with Crippen molar-refractivity contribution in [2.75, 3.05) is 6.54 Å². The highest BCUT2D eigenvalue weighted by molar-refractivity contribution is 5.97. The summed E-state index contributed by atoms with van der Waals surface area (Å²) in [5, 5.41) is 13.8. The first-order chi connectivity index (χ1) is 10.6. The number of carbonyl (C=O) groups is 2. The van der Waals surface area contributed by atoms with Crippen molar-refractivity contribution in [1.82, 2.24) is 14.7 Å². The van der Waals surface area contributed by atoms with Crippen LogP contribution in [0.25, 0.3) is 5.69 Å². The molecule has 0 aliphatic carbocycles. The Balaban J connectivity index is 1.84. The molecule has 1 aromatic heterocycles. The van der Waals surface area contributed by atoms with Crippen LogP contribution in [0.5, 0.6) is 0 Å². The van der Waals surface area contributed by atoms with Gasteiger partial charge in [0.25, 0.3) is 5.91 Å². The number of aliphatic hydroxyl groups is 1. The predicted octanol–water partition coefficient (Wildman–Crippen LogP) is -0.0670. The van der Waals surface area contributed by atoms with Gasteiger partial charge in [0.1, 0.15) is 6.04 Å². The average molecular weight is 300 g/mol. The van der Waals surface area contributed by atoms with Crippen molar-refractivity contribution in [3.8, 4) is 5.69 Å².